The molecule has 2 aromatic carbocycles. The summed E-state index contributed by atoms with van der Waals surface area (Å²) < 4.78 is 39.7. The SMILES string of the molecule is COc1cc2c(cc1S(=O)(=O)N[C@H](C)COc1ccccc1C)CCCC2. The van der Waals surface area contributed by atoms with Gasteiger partial charge < -0.3 is 9.47 Å². The third kappa shape index (κ3) is 4.62. The summed E-state index contributed by atoms with van der Waals surface area (Å²) in [5.41, 5.74) is 3.31. The van der Waals surface area contributed by atoms with Gasteiger partial charge in [0.2, 0.25) is 10.0 Å². The van der Waals surface area contributed by atoms with Gasteiger partial charge in [-0.25, -0.2) is 13.1 Å². The molecule has 1 N–H and O–H groups in total. The molecule has 0 aliphatic heterocycles. The van der Waals surface area contributed by atoms with Crippen molar-refractivity contribution in [3.8, 4) is 11.5 Å². The Morgan fingerprint density at radius 3 is 2.41 bits per heavy atom. The minimum absolute atomic E-state index is 0.202. The number of methoxy groups -OCH3 is 1. The zero-order valence-electron chi connectivity index (χ0n) is 16.1. The first kappa shape index (κ1) is 19.7. The van der Waals surface area contributed by atoms with Gasteiger partial charge in [-0.1, -0.05) is 18.2 Å². The standard InChI is InChI=1S/C21H27NO4S/c1-15-8-4-7-11-19(15)26-14-16(2)22-27(23,24)21-13-18-10-6-5-9-17(18)12-20(21)25-3/h4,7-8,11-13,16,22H,5-6,9-10,14H2,1-3H3/t16-/m1/s1. The summed E-state index contributed by atoms with van der Waals surface area (Å²) in [7, 11) is -2.20. The monoisotopic (exact) mass is 389 g/mol. The van der Waals surface area contributed by atoms with Crippen LogP contribution in [0.2, 0.25) is 0 Å². The summed E-state index contributed by atoms with van der Waals surface area (Å²) in [6.45, 7) is 4.00. The van der Waals surface area contributed by atoms with Crippen molar-refractivity contribution < 1.29 is 17.9 Å². The first-order chi connectivity index (χ1) is 12.9. The number of hydrogen-bond donors (Lipinski definition) is 1. The van der Waals surface area contributed by atoms with Gasteiger partial charge in [0.05, 0.1) is 13.2 Å². The summed E-state index contributed by atoms with van der Waals surface area (Å²) in [6, 6.07) is 10.9. The second-order valence-corrected chi connectivity index (χ2v) is 8.76. The highest BCUT2D eigenvalue weighted by atomic mass is 32.2. The van der Waals surface area contributed by atoms with E-state index in [0.717, 1.165) is 42.6 Å². The molecule has 1 aliphatic carbocycles. The first-order valence-electron chi connectivity index (χ1n) is 9.31. The minimum Gasteiger partial charge on any atom is -0.495 e. The van der Waals surface area contributed by atoms with E-state index >= 15 is 0 Å². The van der Waals surface area contributed by atoms with Crippen molar-refractivity contribution in [3.05, 3.63) is 53.1 Å². The Morgan fingerprint density at radius 2 is 1.74 bits per heavy atom. The molecule has 2 aromatic rings. The Kier molecular flexibility index (Phi) is 6.07. The molecule has 0 heterocycles. The number of rotatable bonds is 7. The van der Waals surface area contributed by atoms with Crippen molar-refractivity contribution in [1.29, 1.82) is 0 Å². The molecule has 0 saturated carbocycles. The molecular weight excluding hydrogens is 362 g/mol. The molecule has 1 aliphatic rings. The van der Waals surface area contributed by atoms with Crippen LogP contribution in [0, 0.1) is 6.92 Å². The number of aryl methyl sites for hydroxylation is 3. The van der Waals surface area contributed by atoms with E-state index < -0.39 is 10.0 Å². The second kappa shape index (κ2) is 8.31. The van der Waals surface area contributed by atoms with Gasteiger partial charge >= 0.3 is 0 Å². The van der Waals surface area contributed by atoms with Crippen LogP contribution < -0.4 is 14.2 Å². The molecule has 1 atom stereocenters. The summed E-state index contributed by atoms with van der Waals surface area (Å²) in [6.07, 6.45) is 4.11. The lowest BCUT2D eigenvalue weighted by Gasteiger charge is -2.21. The first-order valence-corrected chi connectivity index (χ1v) is 10.8. The lowest BCUT2D eigenvalue weighted by Crippen LogP contribution is -2.37. The van der Waals surface area contributed by atoms with E-state index in [2.05, 4.69) is 4.72 Å². The van der Waals surface area contributed by atoms with Crippen LogP contribution in [0.3, 0.4) is 0 Å². The smallest absolute Gasteiger partial charge is 0.244 e. The Hall–Kier alpha value is -2.05. The number of ether oxygens (including phenoxy) is 2. The largest absolute Gasteiger partial charge is 0.495 e. The minimum atomic E-state index is -3.71. The maximum absolute atomic E-state index is 12.9. The highest BCUT2D eigenvalue weighted by molar-refractivity contribution is 7.89. The van der Waals surface area contributed by atoms with E-state index in [1.165, 1.54) is 12.7 Å². The third-order valence-corrected chi connectivity index (χ3v) is 6.47. The van der Waals surface area contributed by atoms with Crippen molar-refractivity contribution in [2.75, 3.05) is 13.7 Å². The number of nitrogens with one attached hydrogen (secondary N) is 1. The van der Waals surface area contributed by atoms with Crippen LogP contribution in [-0.2, 0) is 22.9 Å². The van der Waals surface area contributed by atoms with E-state index in [-0.39, 0.29) is 17.5 Å². The van der Waals surface area contributed by atoms with E-state index in [1.807, 2.05) is 37.3 Å². The van der Waals surface area contributed by atoms with Crippen molar-refractivity contribution in [3.63, 3.8) is 0 Å². The van der Waals surface area contributed by atoms with Crippen molar-refractivity contribution >= 4 is 10.0 Å². The molecule has 146 valence electrons. The fraction of sp³-hybridized carbons (Fsp3) is 0.429. The van der Waals surface area contributed by atoms with Gasteiger partial charge in [0, 0.05) is 0 Å². The lowest BCUT2D eigenvalue weighted by atomic mass is 9.92. The molecule has 0 unspecified atom stereocenters. The fourth-order valence-corrected chi connectivity index (χ4v) is 4.83. The number of hydrogen-bond acceptors (Lipinski definition) is 4. The predicted octanol–water partition coefficient (Wildman–Crippen LogP) is 3.63. The molecule has 0 amide bonds. The molecule has 0 aromatic heterocycles. The molecule has 0 saturated heterocycles. The van der Waals surface area contributed by atoms with E-state index in [0.29, 0.717) is 5.75 Å². The molecular formula is C21H27NO4S. The molecule has 3 rings (SSSR count). The zero-order valence-corrected chi connectivity index (χ0v) is 16.9. The van der Waals surface area contributed by atoms with Crippen LogP contribution in [0.1, 0.15) is 36.5 Å². The average molecular weight is 390 g/mol. The quantitative estimate of drug-likeness (QED) is 0.785. The zero-order chi connectivity index (χ0) is 19.4. The number of fused-ring (bicyclic) bond motifs is 1. The molecule has 0 radical (unpaired) electrons. The number of para-hydroxylation sites is 1. The Morgan fingerprint density at radius 1 is 1.07 bits per heavy atom. The maximum atomic E-state index is 12.9. The molecule has 6 heteroatoms. The van der Waals surface area contributed by atoms with Gasteiger partial charge in [-0.2, -0.15) is 0 Å². The topological polar surface area (TPSA) is 64.6 Å². The van der Waals surface area contributed by atoms with E-state index in [4.69, 9.17) is 9.47 Å². The van der Waals surface area contributed by atoms with Crippen LogP contribution in [0.25, 0.3) is 0 Å². The summed E-state index contributed by atoms with van der Waals surface area (Å²) in [5, 5.41) is 0. The van der Waals surface area contributed by atoms with Crippen LogP contribution in [0.5, 0.6) is 11.5 Å². The van der Waals surface area contributed by atoms with Crippen molar-refractivity contribution in [1.82, 2.24) is 4.72 Å². The fourth-order valence-electron chi connectivity index (χ4n) is 3.41. The van der Waals surface area contributed by atoms with Gasteiger partial charge in [-0.05, 0) is 74.4 Å². The molecule has 5 nitrogen and oxygen atoms in total. The number of sulfonamides is 1. The maximum Gasteiger partial charge on any atom is 0.244 e. The van der Waals surface area contributed by atoms with Gasteiger partial charge in [0.1, 0.15) is 23.0 Å². The third-order valence-electron chi connectivity index (χ3n) is 4.86. The highest BCUT2D eigenvalue weighted by Crippen LogP contribution is 2.32. The normalized spacial score (nSPS) is 15.1. The van der Waals surface area contributed by atoms with Crippen molar-refractivity contribution in [2.24, 2.45) is 0 Å². The van der Waals surface area contributed by atoms with Gasteiger partial charge in [-0.15, -0.1) is 0 Å². The summed E-state index contributed by atoms with van der Waals surface area (Å²) in [5.74, 6) is 1.16. The highest BCUT2D eigenvalue weighted by Gasteiger charge is 2.25. The average Bonchev–Trinajstić information content (AvgIpc) is 2.66. The van der Waals surface area contributed by atoms with Crippen LogP contribution in [-0.4, -0.2) is 28.2 Å². The van der Waals surface area contributed by atoms with Crippen molar-refractivity contribution in [2.45, 2.75) is 50.5 Å². The molecule has 0 fully saturated rings. The van der Waals surface area contributed by atoms with Crippen LogP contribution in [0.15, 0.2) is 41.3 Å². The van der Waals surface area contributed by atoms with Crippen LogP contribution >= 0.6 is 0 Å². The Balaban J connectivity index is 1.75. The lowest BCUT2D eigenvalue weighted by molar-refractivity contribution is 0.285. The Bertz CT molecular complexity index is 908. The van der Waals surface area contributed by atoms with Gasteiger partial charge in [-0.3, -0.25) is 0 Å². The Labute approximate surface area is 161 Å². The second-order valence-electron chi connectivity index (χ2n) is 7.08. The van der Waals surface area contributed by atoms with Gasteiger partial charge in [0.15, 0.2) is 0 Å². The van der Waals surface area contributed by atoms with E-state index in [1.54, 1.807) is 13.0 Å². The molecule has 0 spiro atoms. The molecule has 0 bridgehead atoms. The summed E-state index contributed by atoms with van der Waals surface area (Å²) >= 11 is 0. The molecule has 27 heavy (non-hydrogen) atoms. The van der Waals surface area contributed by atoms with Crippen LogP contribution in [0.4, 0.5) is 0 Å². The number of benzene rings is 2. The predicted molar refractivity (Wildman–Crippen MR) is 106 cm³/mol. The van der Waals surface area contributed by atoms with E-state index in [9.17, 15) is 8.42 Å². The summed E-state index contributed by atoms with van der Waals surface area (Å²) in [4.78, 5) is 0.202. The van der Waals surface area contributed by atoms with Gasteiger partial charge in [0.25, 0.3) is 0 Å².